The van der Waals surface area contributed by atoms with Crippen molar-refractivity contribution in [1.29, 1.82) is 0 Å². The monoisotopic (exact) mass is 405 g/mol. The van der Waals surface area contributed by atoms with Gasteiger partial charge in [0.2, 0.25) is 0 Å². The number of hydrogen-bond acceptors (Lipinski definition) is 6. The Morgan fingerprint density at radius 3 is 2.41 bits per heavy atom. The molecule has 9 nitrogen and oxygen atoms in total. The molecule has 0 saturated carbocycles. The first-order chi connectivity index (χ1) is 13.6. The third-order valence-corrected chi connectivity index (χ3v) is 4.32. The van der Waals surface area contributed by atoms with E-state index in [4.69, 9.17) is 9.47 Å². The minimum Gasteiger partial charge on any atom is -0.494 e. The summed E-state index contributed by atoms with van der Waals surface area (Å²) in [4.78, 5) is 49.1. The Bertz CT molecular complexity index is 775. The molecule has 0 bridgehead atoms. The van der Waals surface area contributed by atoms with Gasteiger partial charge in [-0.1, -0.05) is 0 Å². The lowest BCUT2D eigenvalue weighted by molar-refractivity contribution is -0.153. The van der Waals surface area contributed by atoms with Crippen molar-refractivity contribution in [3.63, 3.8) is 0 Å². The Balaban J connectivity index is 1.74. The molecule has 9 heteroatoms. The number of carbonyl (C=O) groups is 4. The molecule has 0 unspecified atom stereocenters. The number of esters is 1. The molecule has 1 heterocycles. The Kier molecular flexibility index (Phi) is 7.19. The minimum atomic E-state index is -0.982. The lowest BCUT2D eigenvalue weighted by Gasteiger charge is -2.16. The van der Waals surface area contributed by atoms with Gasteiger partial charge >= 0.3 is 12.0 Å². The highest BCUT2D eigenvalue weighted by molar-refractivity contribution is 6.06. The summed E-state index contributed by atoms with van der Waals surface area (Å²) in [7, 11) is 0. The number of urea groups is 1. The number of anilines is 1. The predicted molar refractivity (Wildman–Crippen MR) is 105 cm³/mol. The Morgan fingerprint density at radius 1 is 1.21 bits per heavy atom. The molecule has 0 aromatic heterocycles. The molecule has 4 amide bonds. The van der Waals surface area contributed by atoms with Gasteiger partial charge in [-0.2, -0.15) is 0 Å². The van der Waals surface area contributed by atoms with E-state index in [1.54, 1.807) is 38.1 Å². The maximum atomic E-state index is 12.2. The van der Waals surface area contributed by atoms with Crippen molar-refractivity contribution in [3.05, 3.63) is 24.3 Å². The van der Waals surface area contributed by atoms with Crippen molar-refractivity contribution in [2.75, 3.05) is 18.5 Å². The molecular formula is C20H27N3O6. The van der Waals surface area contributed by atoms with Crippen LogP contribution in [0.4, 0.5) is 10.5 Å². The molecule has 29 heavy (non-hydrogen) atoms. The van der Waals surface area contributed by atoms with Gasteiger partial charge in [-0.05, 0) is 58.4 Å². The topological polar surface area (TPSA) is 114 Å². The van der Waals surface area contributed by atoms with Gasteiger partial charge in [0.25, 0.3) is 11.8 Å². The third kappa shape index (κ3) is 5.94. The molecular weight excluding hydrogens is 378 g/mol. The first-order valence-corrected chi connectivity index (χ1v) is 9.51. The number of imide groups is 1. The van der Waals surface area contributed by atoms with Gasteiger partial charge in [0.1, 0.15) is 11.3 Å². The number of nitrogens with one attached hydrogen (secondary N) is 2. The van der Waals surface area contributed by atoms with E-state index in [9.17, 15) is 19.2 Å². The Labute approximate surface area is 169 Å². The van der Waals surface area contributed by atoms with Gasteiger partial charge in [-0.25, -0.2) is 4.79 Å². The van der Waals surface area contributed by atoms with Crippen LogP contribution >= 0.6 is 0 Å². The van der Waals surface area contributed by atoms with E-state index >= 15 is 0 Å². The normalized spacial score (nSPS) is 16.2. The molecule has 0 aliphatic carbocycles. The van der Waals surface area contributed by atoms with Crippen LogP contribution in [0.15, 0.2) is 24.3 Å². The van der Waals surface area contributed by atoms with Crippen LogP contribution in [0.3, 0.4) is 0 Å². The molecule has 1 atom stereocenters. The molecule has 1 aromatic carbocycles. The fourth-order valence-electron chi connectivity index (χ4n) is 2.76. The second-order valence-electron chi connectivity index (χ2n) is 7.19. The van der Waals surface area contributed by atoms with Gasteiger partial charge in [-0.3, -0.25) is 19.3 Å². The zero-order chi connectivity index (χ0) is 21.6. The van der Waals surface area contributed by atoms with E-state index in [0.29, 0.717) is 18.0 Å². The van der Waals surface area contributed by atoms with Crippen molar-refractivity contribution in [2.24, 2.45) is 0 Å². The lowest BCUT2D eigenvalue weighted by Crippen LogP contribution is -2.40. The van der Waals surface area contributed by atoms with Crippen molar-refractivity contribution < 1.29 is 28.7 Å². The van der Waals surface area contributed by atoms with Crippen LogP contribution in [0.5, 0.6) is 5.75 Å². The second kappa shape index (κ2) is 9.40. The fourth-order valence-corrected chi connectivity index (χ4v) is 2.76. The van der Waals surface area contributed by atoms with Crippen LogP contribution in [0.25, 0.3) is 0 Å². The van der Waals surface area contributed by atoms with E-state index in [-0.39, 0.29) is 25.3 Å². The molecule has 0 spiro atoms. The summed E-state index contributed by atoms with van der Waals surface area (Å²) in [6, 6.07) is 6.37. The van der Waals surface area contributed by atoms with E-state index < -0.39 is 29.6 Å². The highest BCUT2D eigenvalue weighted by Gasteiger charge is 2.43. The molecule has 0 radical (unpaired) electrons. The van der Waals surface area contributed by atoms with Gasteiger partial charge in [-0.15, -0.1) is 0 Å². The van der Waals surface area contributed by atoms with Crippen LogP contribution in [-0.2, 0) is 19.1 Å². The lowest BCUT2D eigenvalue weighted by atomic mass is 10.1. The molecule has 1 saturated heterocycles. The maximum absolute atomic E-state index is 12.2. The third-order valence-electron chi connectivity index (χ3n) is 4.32. The Morgan fingerprint density at radius 2 is 1.86 bits per heavy atom. The van der Waals surface area contributed by atoms with Crippen LogP contribution in [-0.4, -0.2) is 53.5 Å². The van der Waals surface area contributed by atoms with Crippen LogP contribution < -0.4 is 15.4 Å². The van der Waals surface area contributed by atoms with Crippen LogP contribution in [0.2, 0.25) is 0 Å². The number of ether oxygens (including phenoxy) is 2. The number of amides is 4. The summed E-state index contributed by atoms with van der Waals surface area (Å²) in [6.45, 7) is 7.24. The van der Waals surface area contributed by atoms with Crippen molar-refractivity contribution in [3.8, 4) is 5.75 Å². The average molecular weight is 405 g/mol. The summed E-state index contributed by atoms with van der Waals surface area (Å²) in [6.07, 6.45) is -0.746. The number of carbonyl (C=O) groups excluding carboxylic acids is 4. The first-order valence-electron chi connectivity index (χ1n) is 9.51. The van der Waals surface area contributed by atoms with Crippen LogP contribution in [0.1, 0.15) is 40.5 Å². The van der Waals surface area contributed by atoms with Crippen molar-refractivity contribution in [2.45, 2.75) is 52.2 Å². The fraction of sp³-hybridized carbons (Fsp3) is 0.500. The first kappa shape index (κ1) is 22.2. The summed E-state index contributed by atoms with van der Waals surface area (Å²) in [5, 5.41) is 5.23. The quantitative estimate of drug-likeness (QED) is 0.480. The molecule has 1 aliphatic rings. The summed E-state index contributed by atoms with van der Waals surface area (Å²) >= 11 is 0. The smallest absolute Gasteiger partial charge is 0.325 e. The van der Waals surface area contributed by atoms with Gasteiger partial charge in [0.05, 0.1) is 6.61 Å². The molecule has 2 N–H and O–H groups in total. The SMILES string of the molecule is CCOc1ccc(NC(=O)[C@@H](C)OC(=O)CCCN2C(=O)NC(C)(C)C2=O)cc1. The summed E-state index contributed by atoms with van der Waals surface area (Å²) in [5.41, 5.74) is -0.382. The highest BCUT2D eigenvalue weighted by Crippen LogP contribution is 2.18. The maximum Gasteiger partial charge on any atom is 0.325 e. The van der Waals surface area contributed by atoms with E-state index in [0.717, 1.165) is 4.90 Å². The average Bonchev–Trinajstić information content (AvgIpc) is 2.84. The number of nitrogens with zero attached hydrogens (tertiary/aromatic N) is 1. The summed E-state index contributed by atoms with van der Waals surface area (Å²) in [5.74, 6) is -0.679. The van der Waals surface area contributed by atoms with Crippen LogP contribution in [0, 0.1) is 0 Å². The molecule has 2 rings (SSSR count). The highest BCUT2D eigenvalue weighted by atomic mass is 16.5. The predicted octanol–water partition coefficient (Wildman–Crippen LogP) is 2.07. The van der Waals surface area contributed by atoms with E-state index in [1.807, 2.05) is 6.92 Å². The van der Waals surface area contributed by atoms with E-state index in [2.05, 4.69) is 10.6 Å². The molecule has 158 valence electrons. The van der Waals surface area contributed by atoms with Gasteiger partial charge < -0.3 is 20.1 Å². The van der Waals surface area contributed by atoms with Crippen molar-refractivity contribution >= 4 is 29.5 Å². The largest absolute Gasteiger partial charge is 0.494 e. The van der Waals surface area contributed by atoms with Gasteiger partial charge in [0, 0.05) is 18.7 Å². The summed E-state index contributed by atoms with van der Waals surface area (Å²) < 4.78 is 10.5. The molecule has 1 aromatic rings. The standard InChI is InChI=1S/C20H27N3O6/c1-5-28-15-10-8-14(9-11-15)21-17(25)13(2)29-16(24)7-6-12-23-18(26)20(3,4)22-19(23)27/h8-11,13H,5-7,12H2,1-4H3,(H,21,25)(H,22,27)/t13-/m1/s1. The molecule has 1 fully saturated rings. The van der Waals surface area contributed by atoms with Crippen molar-refractivity contribution in [1.82, 2.24) is 10.2 Å². The van der Waals surface area contributed by atoms with E-state index in [1.165, 1.54) is 6.92 Å². The second-order valence-corrected chi connectivity index (χ2v) is 7.19. The Hall–Kier alpha value is -3.10. The number of benzene rings is 1. The zero-order valence-corrected chi connectivity index (χ0v) is 17.1. The number of rotatable bonds is 9. The van der Waals surface area contributed by atoms with Gasteiger partial charge in [0.15, 0.2) is 6.10 Å². The number of hydrogen-bond donors (Lipinski definition) is 2. The minimum absolute atomic E-state index is 0.0157. The zero-order valence-electron chi connectivity index (χ0n) is 17.1. The molecule has 1 aliphatic heterocycles.